The molecule has 20 heavy (non-hydrogen) atoms. The lowest BCUT2D eigenvalue weighted by molar-refractivity contribution is 0.339. The SMILES string of the molecule is CCOc1ccc(N)c(S(=O)(=O)Cc2ccc(Cl)s2)c1. The van der Waals surface area contributed by atoms with Gasteiger partial charge in [0, 0.05) is 10.9 Å². The molecular formula is C13H14ClNO3S2. The van der Waals surface area contributed by atoms with E-state index in [4.69, 9.17) is 22.1 Å². The summed E-state index contributed by atoms with van der Waals surface area (Å²) >= 11 is 7.06. The van der Waals surface area contributed by atoms with Crippen molar-refractivity contribution in [2.75, 3.05) is 12.3 Å². The first-order valence-electron chi connectivity index (χ1n) is 5.91. The predicted octanol–water partition coefficient (Wildman–Crippen LogP) is 3.36. The number of halogens is 1. The fraction of sp³-hybridized carbons (Fsp3) is 0.231. The molecule has 0 aliphatic carbocycles. The highest BCUT2D eigenvalue weighted by Gasteiger charge is 2.20. The number of ether oxygens (including phenoxy) is 1. The molecule has 0 aliphatic rings. The molecule has 0 saturated heterocycles. The zero-order valence-corrected chi connectivity index (χ0v) is 13.2. The molecule has 0 bridgehead atoms. The van der Waals surface area contributed by atoms with Gasteiger partial charge in [0.1, 0.15) is 5.75 Å². The maximum atomic E-state index is 12.4. The van der Waals surface area contributed by atoms with E-state index in [9.17, 15) is 8.42 Å². The number of benzene rings is 1. The average molecular weight is 332 g/mol. The molecule has 1 aromatic heterocycles. The fourth-order valence-corrected chi connectivity index (χ4v) is 4.67. The standard InChI is InChI=1S/C13H14ClNO3S2/c1-2-18-9-3-5-11(15)12(7-9)20(16,17)8-10-4-6-13(14)19-10/h3-7H,2,8,15H2,1H3. The average Bonchev–Trinajstić information content (AvgIpc) is 2.76. The molecule has 2 N–H and O–H groups in total. The van der Waals surface area contributed by atoms with Gasteiger partial charge in [-0.05, 0) is 31.2 Å². The zero-order valence-electron chi connectivity index (χ0n) is 10.8. The van der Waals surface area contributed by atoms with Crippen molar-refractivity contribution in [3.63, 3.8) is 0 Å². The number of nitrogens with two attached hydrogens (primary N) is 1. The highest BCUT2D eigenvalue weighted by Crippen LogP contribution is 2.30. The third-order valence-electron chi connectivity index (χ3n) is 2.59. The van der Waals surface area contributed by atoms with E-state index >= 15 is 0 Å². The normalized spacial score (nSPS) is 11.5. The fourth-order valence-electron chi connectivity index (χ4n) is 1.73. The largest absolute Gasteiger partial charge is 0.494 e. The second-order valence-corrected chi connectivity index (χ2v) is 7.86. The summed E-state index contributed by atoms with van der Waals surface area (Å²) < 4.78 is 30.7. The topological polar surface area (TPSA) is 69.4 Å². The first-order valence-corrected chi connectivity index (χ1v) is 8.76. The summed E-state index contributed by atoms with van der Waals surface area (Å²) in [4.78, 5) is 0.768. The van der Waals surface area contributed by atoms with Crippen LogP contribution < -0.4 is 10.5 Å². The first kappa shape index (κ1) is 15.2. The van der Waals surface area contributed by atoms with Gasteiger partial charge in [-0.15, -0.1) is 11.3 Å². The summed E-state index contributed by atoms with van der Waals surface area (Å²) in [5.74, 6) is 0.369. The van der Waals surface area contributed by atoms with Crippen molar-refractivity contribution in [1.82, 2.24) is 0 Å². The van der Waals surface area contributed by atoms with Crippen molar-refractivity contribution in [1.29, 1.82) is 0 Å². The molecular weight excluding hydrogens is 318 g/mol. The van der Waals surface area contributed by atoms with Gasteiger partial charge in [0.05, 0.1) is 27.3 Å². The Kier molecular flexibility index (Phi) is 4.57. The van der Waals surface area contributed by atoms with Crippen LogP contribution in [-0.2, 0) is 15.6 Å². The number of anilines is 1. The van der Waals surface area contributed by atoms with Crippen LogP contribution in [0.5, 0.6) is 5.75 Å². The molecule has 0 aliphatic heterocycles. The van der Waals surface area contributed by atoms with Crippen LogP contribution in [0.3, 0.4) is 0 Å². The lowest BCUT2D eigenvalue weighted by atomic mass is 10.3. The number of sulfone groups is 1. The summed E-state index contributed by atoms with van der Waals surface area (Å²) in [7, 11) is -3.52. The Balaban J connectivity index is 2.35. The quantitative estimate of drug-likeness (QED) is 0.853. The van der Waals surface area contributed by atoms with Crippen molar-refractivity contribution in [3.05, 3.63) is 39.5 Å². The van der Waals surface area contributed by atoms with Gasteiger partial charge in [-0.3, -0.25) is 0 Å². The van der Waals surface area contributed by atoms with Crippen LogP contribution in [0.15, 0.2) is 35.2 Å². The molecule has 0 amide bonds. The van der Waals surface area contributed by atoms with Gasteiger partial charge in [0.15, 0.2) is 9.84 Å². The molecule has 0 unspecified atom stereocenters. The van der Waals surface area contributed by atoms with Crippen LogP contribution >= 0.6 is 22.9 Å². The predicted molar refractivity (Wildman–Crippen MR) is 82.2 cm³/mol. The van der Waals surface area contributed by atoms with E-state index in [1.54, 1.807) is 24.3 Å². The van der Waals surface area contributed by atoms with Crippen molar-refractivity contribution < 1.29 is 13.2 Å². The van der Waals surface area contributed by atoms with E-state index < -0.39 is 9.84 Å². The zero-order chi connectivity index (χ0) is 14.8. The van der Waals surface area contributed by atoms with E-state index in [2.05, 4.69) is 0 Å². The molecule has 0 atom stereocenters. The molecule has 2 aromatic rings. The van der Waals surface area contributed by atoms with Crippen LogP contribution in [-0.4, -0.2) is 15.0 Å². The second kappa shape index (κ2) is 6.03. The van der Waals surface area contributed by atoms with E-state index in [-0.39, 0.29) is 16.3 Å². The van der Waals surface area contributed by atoms with E-state index in [1.165, 1.54) is 17.4 Å². The number of rotatable bonds is 5. The molecule has 1 aromatic carbocycles. The maximum absolute atomic E-state index is 12.4. The van der Waals surface area contributed by atoms with Gasteiger partial charge < -0.3 is 10.5 Å². The molecule has 1 heterocycles. The lowest BCUT2D eigenvalue weighted by Gasteiger charge is -2.09. The van der Waals surface area contributed by atoms with E-state index in [0.29, 0.717) is 21.6 Å². The smallest absolute Gasteiger partial charge is 0.185 e. The van der Waals surface area contributed by atoms with E-state index in [1.807, 2.05) is 6.92 Å². The minimum absolute atomic E-state index is 0.0907. The van der Waals surface area contributed by atoms with Crippen molar-refractivity contribution in [2.24, 2.45) is 0 Å². The molecule has 0 radical (unpaired) electrons. The first-order chi connectivity index (χ1) is 9.42. The van der Waals surface area contributed by atoms with Crippen molar-refractivity contribution in [3.8, 4) is 5.75 Å². The van der Waals surface area contributed by atoms with Crippen LogP contribution in [0.25, 0.3) is 0 Å². The summed E-state index contributed by atoms with van der Waals surface area (Å²) in [6.07, 6.45) is 0. The molecule has 7 heteroatoms. The van der Waals surface area contributed by atoms with Gasteiger partial charge >= 0.3 is 0 Å². The van der Waals surface area contributed by atoms with Crippen LogP contribution in [0, 0.1) is 0 Å². The number of thiophene rings is 1. The number of nitrogen functional groups attached to an aromatic ring is 1. The monoisotopic (exact) mass is 331 g/mol. The summed E-state index contributed by atoms with van der Waals surface area (Å²) in [6, 6.07) is 8.03. The maximum Gasteiger partial charge on any atom is 0.185 e. The molecule has 0 spiro atoms. The molecule has 4 nitrogen and oxygen atoms in total. The van der Waals surface area contributed by atoms with Gasteiger partial charge in [-0.2, -0.15) is 0 Å². The van der Waals surface area contributed by atoms with Crippen molar-refractivity contribution >= 4 is 38.5 Å². The lowest BCUT2D eigenvalue weighted by Crippen LogP contribution is -2.07. The molecule has 0 fully saturated rings. The minimum Gasteiger partial charge on any atom is -0.494 e. The highest BCUT2D eigenvalue weighted by molar-refractivity contribution is 7.91. The van der Waals surface area contributed by atoms with Crippen LogP contribution in [0.2, 0.25) is 4.34 Å². The highest BCUT2D eigenvalue weighted by atomic mass is 35.5. The third kappa shape index (κ3) is 3.45. The van der Waals surface area contributed by atoms with Gasteiger partial charge in [-0.1, -0.05) is 11.6 Å². The Labute approximate surface area is 127 Å². The molecule has 0 saturated carbocycles. The number of hydrogen-bond donors (Lipinski definition) is 1. The third-order valence-corrected chi connectivity index (χ3v) is 5.72. The Morgan fingerprint density at radius 2 is 2.05 bits per heavy atom. The summed E-state index contributed by atoms with van der Waals surface area (Å²) in [6.45, 7) is 2.29. The van der Waals surface area contributed by atoms with Gasteiger partial charge in [0.25, 0.3) is 0 Å². The Hall–Kier alpha value is -1.24. The Morgan fingerprint density at radius 3 is 2.65 bits per heavy atom. The minimum atomic E-state index is -3.52. The summed E-state index contributed by atoms with van der Waals surface area (Å²) in [5.41, 5.74) is 5.99. The Morgan fingerprint density at radius 1 is 1.30 bits per heavy atom. The molecule has 2 rings (SSSR count). The summed E-state index contributed by atoms with van der Waals surface area (Å²) in [5, 5.41) is 0. The number of hydrogen-bond acceptors (Lipinski definition) is 5. The Bertz CT molecular complexity index is 710. The van der Waals surface area contributed by atoms with E-state index in [0.717, 1.165) is 0 Å². The van der Waals surface area contributed by atoms with Crippen molar-refractivity contribution in [2.45, 2.75) is 17.6 Å². The molecule has 108 valence electrons. The van der Waals surface area contributed by atoms with Gasteiger partial charge in [-0.25, -0.2) is 8.42 Å². The van der Waals surface area contributed by atoms with Crippen LogP contribution in [0.1, 0.15) is 11.8 Å². The second-order valence-electron chi connectivity index (χ2n) is 4.10. The van der Waals surface area contributed by atoms with Gasteiger partial charge in [0.2, 0.25) is 0 Å². The van der Waals surface area contributed by atoms with Crippen LogP contribution in [0.4, 0.5) is 5.69 Å².